The molecule has 0 aromatic rings. The smallest absolute Gasteiger partial charge is 0.324 e. The molecule has 0 bridgehead atoms. The van der Waals surface area contributed by atoms with Crippen LogP contribution in [0.25, 0.3) is 0 Å². The highest BCUT2D eigenvalue weighted by molar-refractivity contribution is 5.76. The summed E-state index contributed by atoms with van der Waals surface area (Å²) in [5.74, 6) is -0.0802. The molecule has 0 aromatic heterocycles. The molecule has 1 aliphatic heterocycles. The molecule has 0 radical (unpaired) electrons. The number of esters is 1. The minimum absolute atomic E-state index is 0.0802. The Morgan fingerprint density at radius 1 is 1.32 bits per heavy atom. The topological polar surface area (TPSA) is 41.6 Å². The van der Waals surface area contributed by atoms with Crippen molar-refractivity contribution < 1.29 is 9.53 Å². The molecule has 1 N–H and O–H groups in total. The van der Waals surface area contributed by atoms with Crippen LogP contribution in [0.15, 0.2) is 0 Å². The van der Waals surface area contributed by atoms with Crippen molar-refractivity contribution in [3.63, 3.8) is 0 Å². The number of carbonyl (C=O) groups excluding carboxylic acids is 1. The van der Waals surface area contributed by atoms with Crippen LogP contribution in [0.5, 0.6) is 0 Å². The zero-order valence-corrected chi connectivity index (χ0v) is 12.5. The molecule has 2 aliphatic rings. The van der Waals surface area contributed by atoms with Crippen molar-refractivity contribution in [3.8, 4) is 0 Å². The van der Waals surface area contributed by atoms with Crippen molar-refractivity contribution in [1.29, 1.82) is 0 Å². The van der Waals surface area contributed by atoms with Gasteiger partial charge in [-0.15, -0.1) is 0 Å². The Morgan fingerprint density at radius 3 is 2.63 bits per heavy atom. The summed E-state index contributed by atoms with van der Waals surface area (Å²) >= 11 is 0. The standard InChI is InChI=1S/C15H28N2O2/c1-4-13-9-6-11(3)17(13)10-14(15(18)19-5-2)16-12-7-8-12/h11-14,16H,4-10H2,1-3H3. The average Bonchev–Trinajstić information content (AvgIpc) is 3.14. The zero-order valence-electron chi connectivity index (χ0n) is 12.5. The highest BCUT2D eigenvalue weighted by atomic mass is 16.5. The zero-order chi connectivity index (χ0) is 13.8. The molecule has 19 heavy (non-hydrogen) atoms. The molecule has 2 rings (SSSR count). The molecule has 110 valence electrons. The van der Waals surface area contributed by atoms with Gasteiger partial charge in [0.1, 0.15) is 6.04 Å². The number of hydrogen-bond donors (Lipinski definition) is 1. The van der Waals surface area contributed by atoms with Gasteiger partial charge < -0.3 is 10.1 Å². The average molecular weight is 268 g/mol. The normalized spacial score (nSPS) is 29.4. The van der Waals surface area contributed by atoms with Gasteiger partial charge in [0, 0.05) is 24.7 Å². The fourth-order valence-corrected chi connectivity index (χ4v) is 3.08. The Labute approximate surface area is 116 Å². The molecule has 0 spiro atoms. The predicted molar refractivity (Wildman–Crippen MR) is 76.1 cm³/mol. The Morgan fingerprint density at radius 2 is 2.05 bits per heavy atom. The van der Waals surface area contributed by atoms with Crippen molar-refractivity contribution in [2.75, 3.05) is 13.2 Å². The van der Waals surface area contributed by atoms with Crippen molar-refractivity contribution >= 4 is 5.97 Å². The van der Waals surface area contributed by atoms with Gasteiger partial charge in [0.15, 0.2) is 0 Å². The van der Waals surface area contributed by atoms with Gasteiger partial charge in [-0.2, -0.15) is 0 Å². The summed E-state index contributed by atoms with van der Waals surface area (Å²) in [4.78, 5) is 14.6. The van der Waals surface area contributed by atoms with Crippen LogP contribution in [0, 0.1) is 0 Å². The van der Waals surface area contributed by atoms with Gasteiger partial charge >= 0.3 is 5.97 Å². The molecular weight excluding hydrogens is 240 g/mol. The van der Waals surface area contributed by atoms with E-state index in [1.54, 1.807) is 0 Å². The van der Waals surface area contributed by atoms with E-state index in [2.05, 4.69) is 24.1 Å². The van der Waals surface area contributed by atoms with Crippen molar-refractivity contribution in [2.45, 2.75) is 77.0 Å². The van der Waals surface area contributed by atoms with Crippen LogP contribution in [0.3, 0.4) is 0 Å². The number of carbonyl (C=O) groups is 1. The predicted octanol–water partition coefficient (Wildman–Crippen LogP) is 1.93. The van der Waals surface area contributed by atoms with Crippen LogP contribution in [-0.2, 0) is 9.53 Å². The van der Waals surface area contributed by atoms with Gasteiger partial charge in [-0.3, -0.25) is 9.69 Å². The molecular formula is C15H28N2O2. The van der Waals surface area contributed by atoms with Gasteiger partial charge in [-0.1, -0.05) is 6.92 Å². The van der Waals surface area contributed by atoms with Gasteiger partial charge in [-0.05, 0) is 46.0 Å². The Kier molecular flexibility index (Phi) is 5.22. The minimum atomic E-state index is -0.151. The van der Waals surface area contributed by atoms with Crippen molar-refractivity contribution in [3.05, 3.63) is 0 Å². The van der Waals surface area contributed by atoms with E-state index in [1.807, 2.05) is 6.92 Å². The van der Waals surface area contributed by atoms with Gasteiger partial charge in [-0.25, -0.2) is 0 Å². The van der Waals surface area contributed by atoms with E-state index in [1.165, 1.54) is 32.1 Å². The monoisotopic (exact) mass is 268 g/mol. The van der Waals surface area contributed by atoms with E-state index < -0.39 is 0 Å². The lowest BCUT2D eigenvalue weighted by Crippen LogP contribution is -2.50. The summed E-state index contributed by atoms with van der Waals surface area (Å²) in [7, 11) is 0. The summed E-state index contributed by atoms with van der Waals surface area (Å²) in [6.45, 7) is 7.65. The van der Waals surface area contributed by atoms with E-state index in [4.69, 9.17) is 4.74 Å². The van der Waals surface area contributed by atoms with Gasteiger partial charge in [0.05, 0.1) is 6.61 Å². The van der Waals surface area contributed by atoms with Gasteiger partial charge in [0.25, 0.3) is 0 Å². The van der Waals surface area contributed by atoms with Crippen LogP contribution >= 0.6 is 0 Å². The largest absolute Gasteiger partial charge is 0.465 e. The second-order valence-electron chi connectivity index (χ2n) is 5.93. The maximum atomic E-state index is 12.1. The lowest BCUT2D eigenvalue weighted by Gasteiger charge is -2.31. The SMILES string of the molecule is CCOC(=O)C(CN1C(C)CCC1CC)NC1CC1. The van der Waals surface area contributed by atoms with Crippen LogP contribution in [0.4, 0.5) is 0 Å². The fourth-order valence-electron chi connectivity index (χ4n) is 3.08. The summed E-state index contributed by atoms with van der Waals surface area (Å²) in [6.07, 6.45) is 6.07. The molecule has 1 aliphatic carbocycles. The Bertz CT molecular complexity index is 305. The third kappa shape index (κ3) is 3.93. The third-order valence-corrected chi connectivity index (χ3v) is 4.40. The summed E-state index contributed by atoms with van der Waals surface area (Å²) < 4.78 is 5.22. The number of ether oxygens (including phenoxy) is 1. The lowest BCUT2D eigenvalue weighted by atomic mass is 10.1. The first-order valence-corrected chi connectivity index (χ1v) is 7.84. The maximum absolute atomic E-state index is 12.1. The lowest BCUT2D eigenvalue weighted by molar-refractivity contribution is -0.146. The Hall–Kier alpha value is -0.610. The van der Waals surface area contributed by atoms with Gasteiger partial charge in [0.2, 0.25) is 0 Å². The second-order valence-corrected chi connectivity index (χ2v) is 5.93. The van der Waals surface area contributed by atoms with E-state index in [0.717, 1.165) is 6.54 Å². The highest BCUT2D eigenvalue weighted by Gasteiger charge is 2.35. The number of hydrogen-bond acceptors (Lipinski definition) is 4. The van der Waals surface area contributed by atoms with Crippen LogP contribution in [0.1, 0.15) is 52.9 Å². The first-order chi connectivity index (χ1) is 9.15. The molecule has 0 aromatic carbocycles. The molecule has 4 nitrogen and oxygen atoms in total. The molecule has 1 saturated carbocycles. The van der Waals surface area contributed by atoms with Crippen LogP contribution in [0.2, 0.25) is 0 Å². The second kappa shape index (κ2) is 6.71. The van der Waals surface area contributed by atoms with E-state index in [9.17, 15) is 4.79 Å². The summed E-state index contributed by atoms with van der Waals surface area (Å²) in [5.41, 5.74) is 0. The first kappa shape index (κ1) is 14.8. The Balaban J connectivity index is 1.95. The quantitative estimate of drug-likeness (QED) is 0.716. The molecule has 2 fully saturated rings. The fraction of sp³-hybridized carbons (Fsp3) is 0.933. The molecule has 4 heteroatoms. The number of rotatable bonds is 7. The number of nitrogens with one attached hydrogen (secondary N) is 1. The minimum Gasteiger partial charge on any atom is -0.465 e. The van der Waals surface area contributed by atoms with Crippen LogP contribution < -0.4 is 5.32 Å². The molecule has 3 atom stereocenters. The van der Waals surface area contributed by atoms with E-state index in [0.29, 0.717) is 24.7 Å². The number of nitrogens with zero attached hydrogens (tertiary/aromatic N) is 1. The maximum Gasteiger partial charge on any atom is 0.324 e. The summed E-state index contributed by atoms with van der Waals surface area (Å²) in [6, 6.07) is 1.60. The van der Waals surface area contributed by atoms with Crippen LogP contribution in [-0.4, -0.2) is 48.2 Å². The molecule has 0 amide bonds. The summed E-state index contributed by atoms with van der Waals surface area (Å²) in [5, 5.41) is 3.45. The van der Waals surface area contributed by atoms with E-state index in [-0.39, 0.29) is 12.0 Å². The third-order valence-electron chi connectivity index (χ3n) is 4.40. The van der Waals surface area contributed by atoms with Crippen molar-refractivity contribution in [1.82, 2.24) is 10.2 Å². The molecule has 3 unspecified atom stereocenters. The molecule has 1 saturated heterocycles. The number of likely N-dealkylation sites (tertiary alicyclic amines) is 1. The van der Waals surface area contributed by atoms with Crippen molar-refractivity contribution in [2.24, 2.45) is 0 Å². The highest BCUT2D eigenvalue weighted by Crippen LogP contribution is 2.27. The van der Waals surface area contributed by atoms with E-state index >= 15 is 0 Å². The molecule has 1 heterocycles. The first-order valence-electron chi connectivity index (χ1n) is 7.84.